The Balaban J connectivity index is 1.74. The molecule has 1 aromatic carbocycles. The number of pyridine rings is 1. The zero-order valence-corrected chi connectivity index (χ0v) is 18.5. The summed E-state index contributed by atoms with van der Waals surface area (Å²) < 4.78 is 5.94. The number of benzene rings is 1. The van der Waals surface area contributed by atoms with Crippen LogP contribution in [0, 0.1) is 12.8 Å². The van der Waals surface area contributed by atoms with Crippen LogP contribution in [0.3, 0.4) is 0 Å². The number of aromatic nitrogens is 1. The van der Waals surface area contributed by atoms with Crippen molar-refractivity contribution in [3.8, 4) is 0 Å². The number of anilines is 2. The largest absolute Gasteiger partial charge is 0.466 e. The van der Waals surface area contributed by atoms with Gasteiger partial charge in [0.1, 0.15) is 5.82 Å². The lowest BCUT2D eigenvalue weighted by Gasteiger charge is -2.22. The standard InChI is InChI=1S/C22H26BrN3O3/c1-13(2)17-10-20(26-19-9-16(23)5-4-14(19)3)24-12-18(17)22(28)25-11-15-6-7-29-21(27)8-15/h4-5,9-10,12-13,15H,6-8,11H2,1-3H3,(H,24,26)(H,25,28). The van der Waals surface area contributed by atoms with Crippen molar-refractivity contribution in [3.63, 3.8) is 0 Å². The molecule has 1 fully saturated rings. The zero-order chi connectivity index (χ0) is 21.0. The molecular formula is C22H26BrN3O3. The Morgan fingerprint density at radius 3 is 2.86 bits per heavy atom. The average Bonchev–Trinajstić information content (AvgIpc) is 2.69. The number of ether oxygens (including phenoxy) is 1. The molecule has 0 saturated carbocycles. The van der Waals surface area contributed by atoms with Crippen molar-refractivity contribution in [1.29, 1.82) is 0 Å². The third-order valence-corrected chi connectivity index (χ3v) is 5.55. The molecule has 1 unspecified atom stereocenters. The average molecular weight is 460 g/mol. The maximum Gasteiger partial charge on any atom is 0.306 e. The van der Waals surface area contributed by atoms with Crippen LogP contribution in [-0.4, -0.2) is 30.0 Å². The molecule has 7 heteroatoms. The van der Waals surface area contributed by atoms with Gasteiger partial charge in [-0.2, -0.15) is 0 Å². The molecular weight excluding hydrogens is 434 g/mol. The van der Waals surface area contributed by atoms with Crippen molar-refractivity contribution < 1.29 is 14.3 Å². The lowest BCUT2D eigenvalue weighted by Crippen LogP contribution is -2.34. The van der Waals surface area contributed by atoms with Crippen LogP contribution < -0.4 is 10.6 Å². The molecule has 1 aliphatic heterocycles. The number of cyclic esters (lactones) is 1. The summed E-state index contributed by atoms with van der Waals surface area (Å²) in [5, 5.41) is 6.30. The number of halogens is 1. The highest BCUT2D eigenvalue weighted by Crippen LogP contribution is 2.27. The molecule has 2 aromatic rings. The number of rotatable bonds is 6. The highest BCUT2D eigenvalue weighted by Gasteiger charge is 2.22. The fraction of sp³-hybridized carbons (Fsp3) is 0.409. The molecule has 1 saturated heterocycles. The van der Waals surface area contributed by atoms with E-state index in [1.165, 1.54) is 0 Å². The SMILES string of the molecule is Cc1ccc(Br)cc1Nc1cc(C(C)C)c(C(=O)NCC2CCOC(=O)C2)cn1. The quantitative estimate of drug-likeness (QED) is 0.611. The second kappa shape index (κ2) is 9.39. The molecule has 2 N–H and O–H groups in total. The molecule has 154 valence electrons. The van der Waals surface area contributed by atoms with Crippen molar-refractivity contribution in [3.05, 3.63) is 51.6 Å². The minimum absolute atomic E-state index is 0.121. The molecule has 6 nitrogen and oxygen atoms in total. The van der Waals surface area contributed by atoms with Crippen LogP contribution in [0.4, 0.5) is 11.5 Å². The van der Waals surface area contributed by atoms with Crippen LogP contribution in [0.25, 0.3) is 0 Å². The number of esters is 1. The number of carbonyl (C=O) groups excluding carboxylic acids is 2. The second-order valence-electron chi connectivity index (χ2n) is 7.69. The molecule has 1 aliphatic rings. The van der Waals surface area contributed by atoms with Gasteiger partial charge in [0.05, 0.1) is 18.6 Å². The number of hydrogen-bond donors (Lipinski definition) is 2. The topological polar surface area (TPSA) is 80.3 Å². The Kier molecular flexibility index (Phi) is 6.90. The van der Waals surface area contributed by atoms with E-state index in [2.05, 4.69) is 45.4 Å². The summed E-state index contributed by atoms with van der Waals surface area (Å²) >= 11 is 3.49. The van der Waals surface area contributed by atoms with Crippen LogP contribution in [0.15, 0.2) is 34.9 Å². The highest BCUT2D eigenvalue weighted by atomic mass is 79.9. The molecule has 29 heavy (non-hydrogen) atoms. The number of amides is 1. The first-order valence-corrected chi connectivity index (χ1v) is 10.6. The van der Waals surface area contributed by atoms with E-state index >= 15 is 0 Å². The van der Waals surface area contributed by atoms with Crippen LogP contribution in [0.2, 0.25) is 0 Å². The van der Waals surface area contributed by atoms with E-state index in [1.807, 2.05) is 31.2 Å². The zero-order valence-electron chi connectivity index (χ0n) is 16.9. The molecule has 1 aromatic heterocycles. The van der Waals surface area contributed by atoms with Crippen molar-refractivity contribution >= 4 is 39.3 Å². The fourth-order valence-electron chi connectivity index (χ4n) is 3.32. The Hall–Kier alpha value is -2.41. The molecule has 1 amide bonds. The van der Waals surface area contributed by atoms with Gasteiger partial charge in [0, 0.05) is 22.9 Å². The van der Waals surface area contributed by atoms with Gasteiger partial charge in [0.2, 0.25) is 0 Å². The number of aryl methyl sites for hydroxylation is 1. The van der Waals surface area contributed by atoms with E-state index in [0.717, 1.165) is 27.7 Å². The summed E-state index contributed by atoms with van der Waals surface area (Å²) in [6.07, 6.45) is 2.75. The predicted molar refractivity (Wildman–Crippen MR) is 117 cm³/mol. The normalized spacial score (nSPS) is 16.4. The van der Waals surface area contributed by atoms with Crippen molar-refractivity contribution in [2.75, 3.05) is 18.5 Å². The van der Waals surface area contributed by atoms with Gasteiger partial charge in [-0.1, -0.05) is 35.8 Å². The van der Waals surface area contributed by atoms with Gasteiger partial charge in [0.15, 0.2) is 0 Å². The summed E-state index contributed by atoms with van der Waals surface area (Å²) in [7, 11) is 0. The molecule has 1 atom stereocenters. The summed E-state index contributed by atoms with van der Waals surface area (Å²) in [5.41, 5.74) is 3.56. The smallest absolute Gasteiger partial charge is 0.306 e. The number of carbonyl (C=O) groups is 2. The molecule has 0 radical (unpaired) electrons. The first-order chi connectivity index (χ1) is 13.8. The van der Waals surface area contributed by atoms with E-state index in [-0.39, 0.29) is 23.7 Å². The first kappa shape index (κ1) is 21.3. The van der Waals surface area contributed by atoms with Gasteiger partial charge in [-0.25, -0.2) is 4.98 Å². The highest BCUT2D eigenvalue weighted by molar-refractivity contribution is 9.10. The van der Waals surface area contributed by atoms with Crippen molar-refractivity contribution in [1.82, 2.24) is 10.3 Å². The minimum atomic E-state index is -0.196. The van der Waals surface area contributed by atoms with Gasteiger partial charge in [-0.3, -0.25) is 9.59 Å². The Bertz CT molecular complexity index is 914. The Labute approximate surface area is 179 Å². The third kappa shape index (κ3) is 5.56. The number of nitrogens with zero attached hydrogens (tertiary/aromatic N) is 1. The van der Waals surface area contributed by atoms with Gasteiger partial charge < -0.3 is 15.4 Å². The van der Waals surface area contributed by atoms with E-state index in [9.17, 15) is 9.59 Å². The van der Waals surface area contributed by atoms with Crippen LogP contribution in [0.5, 0.6) is 0 Å². The van der Waals surface area contributed by atoms with Crippen LogP contribution in [0.1, 0.15) is 54.1 Å². The van der Waals surface area contributed by atoms with E-state index in [4.69, 9.17) is 4.74 Å². The third-order valence-electron chi connectivity index (χ3n) is 5.06. The minimum Gasteiger partial charge on any atom is -0.466 e. The maximum absolute atomic E-state index is 12.8. The van der Waals surface area contributed by atoms with Gasteiger partial charge >= 0.3 is 5.97 Å². The van der Waals surface area contributed by atoms with Gasteiger partial charge in [-0.15, -0.1) is 0 Å². The predicted octanol–water partition coefficient (Wildman–Crippen LogP) is 4.70. The summed E-state index contributed by atoms with van der Waals surface area (Å²) in [5.74, 6) is 0.619. The molecule has 0 spiro atoms. The van der Waals surface area contributed by atoms with Crippen molar-refractivity contribution in [2.24, 2.45) is 5.92 Å². The molecule has 3 rings (SSSR count). The summed E-state index contributed by atoms with van der Waals surface area (Å²) in [6, 6.07) is 7.95. The lowest BCUT2D eigenvalue weighted by atomic mass is 9.97. The van der Waals surface area contributed by atoms with Crippen LogP contribution >= 0.6 is 15.9 Å². The monoisotopic (exact) mass is 459 g/mol. The van der Waals surface area contributed by atoms with Crippen molar-refractivity contribution in [2.45, 2.75) is 39.5 Å². The van der Waals surface area contributed by atoms with E-state index in [0.29, 0.717) is 31.0 Å². The summed E-state index contributed by atoms with van der Waals surface area (Å²) in [6.45, 7) is 7.02. The number of hydrogen-bond acceptors (Lipinski definition) is 5. The number of nitrogens with one attached hydrogen (secondary N) is 2. The van der Waals surface area contributed by atoms with E-state index < -0.39 is 0 Å². The molecule has 0 aliphatic carbocycles. The first-order valence-electron chi connectivity index (χ1n) is 9.80. The maximum atomic E-state index is 12.8. The lowest BCUT2D eigenvalue weighted by molar-refractivity contribution is -0.149. The van der Waals surface area contributed by atoms with Gasteiger partial charge in [-0.05, 0) is 54.5 Å². The van der Waals surface area contributed by atoms with E-state index in [1.54, 1.807) is 6.20 Å². The Morgan fingerprint density at radius 2 is 2.14 bits per heavy atom. The fourth-order valence-corrected chi connectivity index (χ4v) is 3.68. The summed E-state index contributed by atoms with van der Waals surface area (Å²) in [4.78, 5) is 28.6. The van der Waals surface area contributed by atoms with Gasteiger partial charge in [0.25, 0.3) is 5.91 Å². The second-order valence-corrected chi connectivity index (χ2v) is 8.60. The molecule has 2 heterocycles. The molecule has 0 bridgehead atoms. The Morgan fingerprint density at radius 1 is 1.34 bits per heavy atom. The van der Waals surface area contributed by atoms with Crippen LogP contribution in [-0.2, 0) is 9.53 Å².